The Bertz CT molecular complexity index is 843. The fraction of sp³-hybridized carbons (Fsp3) is 1.00. The van der Waals surface area contributed by atoms with Crippen LogP contribution in [-0.2, 0) is 0 Å². The van der Waals surface area contributed by atoms with Crippen molar-refractivity contribution in [3.05, 3.63) is 0 Å². The molecule has 34 heavy (non-hydrogen) atoms. The van der Waals surface area contributed by atoms with E-state index < -0.39 is 83.9 Å². The molecule has 4 atom stereocenters. The zero-order chi connectivity index (χ0) is 27.6. The normalized spacial score (nSPS) is 40.9. The van der Waals surface area contributed by atoms with Crippen LogP contribution in [0.3, 0.4) is 0 Å². The third-order valence-electron chi connectivity index (χ3n) is 6.19. The van der Waals surface area contributed by atoms with Gasteiger partial charge in [-0.15, -0.1) is 0 Å². The Labute approximate surface area is 173 Å². The number of hydrogen-bond donors (Lipinski definition) is 0. The first kappa shape index (κ1) is 28.8. The minimum Gasteiger partial charge on any atom is -0.247 e. The fourth-order valence-electron chi connectivity index (χ4n) is 4.55. The van der Waals surface area contributed by atoms with Gasteiger partial charge in [-0.25, -0.2) is 22.0 Å². The van der Waals surface area contributed by atoms with Crippen LogP contribution in [0.5, 0.6) is 0 Å². The van der Waals surface area contributed by atoms with Gasteiger partial charge in [0.1, 0.15) is 12.1 Å². The van der Waals surface area contributed by atoms with Crippen LogP contribution in [-0.4, -0.2) is 72.1 Å². The molecule has 20 heteroatoms. The molecule has 2 rings (SSSR count). The van der Waals surface area contributed by atoms with Gasteiger partial charge in [-0.05, 0) is 0 Å². The summed E-state index contributed by atoms with van der Waals surface area (Å²) in [4.78, 5) is 0. The van der Waals surface area contributed by atoms with Gasteiger partial charge in [-0.3, -0.25) is 0 Å². The lowest BCUT2D eigenvalue weighted by atomic mass is 9.32. The lowest BCUT2D eigenvalue weighted by Gasteiger charge is -2.76. The van der Waals surface area contributed by atoms with Crippen molar-refractivity contribution >= 4 is 0 Å². The first-order valence-electron chi connectivity index (χ1n) is 8.10. The van der Waals surface area contributed by atoms with E-state index in [1.165, 1.54) is 0 Å². The standard InChI is InChI=1S/C14H6F20/c15-2-5(17)4(1-6(18,19)14(32,33)34)8(22,9(5,23)7(20,21)3-16)11(26,27)13(30,31)12(28,29)10(4,24)25/h1-3H2/t4-,5+,8-,9-/m1/s1. The van der Waals surface area contributed by atoms with E-state index in [2.05, 4.69) is 0 Å². The second kappa shape index (κ2) is 6.47. The summed E-state index contributed by atoms with van der Waals surface area (Å²) in [6.45, 7) is -8.32. The molecule has 0 heterocycles. The molecule has 0 aromatic carbocycles. The van der Waals surface area contributed by atoms with Gasteiger partial charge in [0, 0.05) is 6.42 Å². The van der Waals surface area contributed by atoms with Gasteiger partial charge in [0.2, 0.25) is 5.67 Å². The maximum atomic E-state index is 15.3. The minimum atomic E-state index is -8.19. The Morgan fingerprint density at radius 3 is 1.24 bits per heavy atom. The Morgan fingerprint density at radius 1 is 0.529 bits per heavy atom. The van der Waals surface area contributed by atoms with E-state index in [0.717, 1.165) is 0 Å². The van der Waals surface area contributed by atoms with Gasteiger partial charge in [0.05, 0.1) is 0 Å². The zero-order valence-electron chi connectivity index (χ0n) is 15.2. The SMILES string of the molecule is FCC(F)(F)[C@]1(F)[C@](F)(CF)[C@@]2(CC(F)(F)C(F)(F)F)C(F)(F)C(F)(F)C(F)(F)C(F)(F)[C@]12F. The highest BCUT2D eigenvalue weighted by Crippen LogP contribution is 2.88. The summed E-state index contributed by atoms with van der Waals surface area (Å²) < 4.78 is 275. The molecule has 0 aromatic rings. The van der Waals surface area contributed by atoms with Gasteiger partial charge in [-0.1, -0.05) is 0 Å². The molecule has 0 aromatic heterocycles. The van der Waals surface area contributed by atoms with Gasteiger partial charge in [0.25, 0.3) is 5.67 Å². The van der Waals surface area contributed by atoms with Crippen LogP contribution in [0.1, 0.15) is 6.42 Å². The molecule has 2 fully saturated rings. The predicted molar refractivity (Wildman–Crippen MR) is 66.3 cm³/mol. The second-order valence-corrected chi connectivity index (χ2v) is 7.67. The summed E-state index contributed by atoms with van der Waals surface area (Å²) in [6.07, 6.45) is -12.3. The monoisotopic (exact) mass is 554 g/mol. The molecular formula is C14H6F20. The van der Waals surface area contributed by atoms with Crippen molar-refractivity contribution in [3.63, 3.8) is 0 Å². The Morgan fingerprint density at radius 2 is 0.912 bits per heavy atom. The quantitative estimate of drug-likeness (QED) is 0.327. The van der Waals surface area contributed by atoms with Crippen molar-refractivity contribution < 1.29 is 87.8 Å². The topological polar surface area (TPSA) is 0 Å². The van der Waals surface area contributed by atoms with E-state index in [1.54, 1.807) is 0 Å². The van der Waals surface area contributed by atoms with Crippen molar-refractivity contribution in [3.8, 4) is 0 Å². The molecule has 0 amide bonds. The summed E-state index contributed by atoms with van der Waals surface area (Å²) in [6, 6.07) is 0. The van der Waals surface area contributed by atoms with E-state index in [4.69, 9.17) is 0 Å². The van der Waals surface area contributed by atoms with Crippen LogP contribution in [0.2, 0.25) is 0 Å². The van der Waals surface area contributed by atoms with Crippen LogP contribution < -0.4 is 0 Å². The summed E-state index contributed by atoms with van der Waals surface area (Å²) in [7, 11) is 0. The fourth-order valence-corrected chi connectivity index (χ4v) is 4.55. The van der Waals surface area contributed by atoms with Crippen molar-refractivity contribution in [1.82, 2.24) is 0 Å². The zero-order valence-corrected chi connectivity index (χ0v) is 15.2. The second-order valence-electron chi connectivity index (χ2n) is 7.67. The van der Waals surface area contributed by atoms with Crippen molar-refractivity contribution in [2.45, 2.75) is 65.1 Å². The smallest absolute Gasteiger partial charge is 0.247 e. The van der Waals surface area contributed by atoms with E-state index >= 15 is 8.78 Å². The van der Waals surface area contributed by atoms with Crippen LogP contribution in [0.15, 0.2) is 0 Å². The summed E-state index contributed by atoms with van der Waals surface area (Å²) in [5.74, 6) is -46.7. The molecule has 0 nitrogen and oxygen atoms in total. The van der Waals surface area contributed by atoms with Crippen LogP contribution in [0.4, 0.5) is 87.8 Å². The number of rotatable bonds is 5. The van der Waals surface area contributed by atoms with E-state index in [-0.39, 0.29) is 0 Å². The molecule has 2 saturated carbocycles. The first-order chi connectivity index (χ1) is 14.6. The van der Waals surface area contributed by atoms with Crippen LogP contribution >= 0.6 is 0 Å². The number of fused-ring (bicyclic) bond motifs is 1. The molecular weight excluding hydrogens is 548 g/mol. The van der Waals surface area contributed by atoms with Gasteiger partial charge in [0.15, 0.2) is 12.3 Å². The van der Waals surface area contributed by atoms with Crippen LogP contribution in [0, 0.1) is 5.41 Å². The third-order valence-corrected chi connectivity index (χ3v) is 6.19. The molecule has 0 unspecified atom stereocenters. The number of alkyl halides is 20. The van der Waals surface area contributed by atoms with Crippen molar-refractivity contribution in [2.24, 2.45) is 5.41 Å². The lowest BCUT2D eigenvalue weighted by Crippen LogP contribution is -3.04. The maximum absolute atomic E-state index is 15.3. The Kier molecular flexibility index (Phi) is 5.49. The summed E-state index contributed by atoms with van der Waals surface area (Å²) in [5.41, 5.74) is -29.6. The van der Waals surface area contributed by atoms with Crippen molar-refractivity contribution in [2.75, 3.05) is 13.3 Å². The van der Waals surface area contributed by atoms with Gasteiger partial charge in [-0.2, -0.15) is 65.9 Å². The van der Waals surface area contributed by atoms with E-state index in [9.17, 15) is 79.0 Å². The molecule has 0 aliphatic heterocycles. The molecule has 0 radical (unpaired) electrons. The highest BCUT2D eigenvalue weighted by molar-refractivity contribution is 5.50. The summed E-state index contributed by atoms with van der Waals surface area (Å²) >= 11 is 0. The summed E-state index contributed by atoms with van der Waals surface area (Å²) in [5, 5.41) is 0. The minimum absolute atomic E-state index is 4.05. The Hall–Kier alpha value is -1.40. The van der Waals surface area contributed by atoms with Gasteiger partial charge < -0.3 is 0 Å². The highest BCUT2D eigenvalue weighted by Gasteiger charge is 3.16. The highest BCUT2D eigenvalue weighted by atomic mass is 19.4. The maximum Gasteiger partial charge on any atom is 0.453 e. The first-order valence-corrected chi connectivity index (χ1v) is 8.10. The molecule has 0 saturated heterocycles. The third kappa shape index (κ3) is 2.23. The average molecular weight is 554 g/mol. The number of hydrogen-bond acceptors (Lipinski definition) is 0. The molecule has 0 spiro atoms. The van der Waals surface area contributed by atoms with E-state index in [1.807, 2.05) is 0 Å². The van der Waals surface area contributed by atoms with Gasteiger partial charge >= 0.3 is 41.7 Å². The number of halogens is 20. The largest absolute Gasteiger partial charge is 0.453 e. The molecule has 0 bridgehead atoms. The lowest BCUT2D eigenvalue weighted by molar-refractivity contribution is -0.567. The van der Waals surface area contributed by atoms with Crippen molar-refractivity contribution in [1.29, 1.82) is 0 Å². The Balaban J connectivity index is 3.23. The van der Waals surface area contributed by atoms with E-state index in [0.29, 0.717) is 0 Å². The molecule has 2 aliphatic rings. The predicted octanol–water partition coefficient (Wildman–Crippen LogP) is 6.83. The van der Waals surface area contributed by atoms with Crippen LogP contribution in [0.25, 0.3) is 0 Å². The molecule has 2 aliphatic carbocycles. The molecule has 202 valence electrons. The molecule has 0 N–H and O–H groups in total. The average Bonchev–Trinajstić information content (AvgIpc) is 2.67.